The number of carbonyl (C=O) groups is 2. The van der Waals surface area contributed by atoms with Crippen LogP contribution >= 0.6 is 0 Å². The van der Waals surface area contributed by atoms with Gasteiger partial charge in [0.2, 0.25) is 0 Å². The second-order valence-electron chi connectivity index (χ2n) is 8.07. The lowest BCUT2D eigenvalue weighted by Gasteiger charge is -2.11. The molecule has 0 bridgehead atoms. The first kappa shape index (κ1) is 23.7. The molecular weight excluding hydrogens is 476 g/mol. The van der Waals surface area contributed by atoms with E-state index in [1.165, 1.54) is 0 Å². The Labute approximate surface area is 211 Å². The van der Waals surface area contributed by atoms with E-state index in [1.54, 1.807) is 23.3 Å². The van der Waals surface area contributed by atoms with Crippen molar-refractivity contribution in [3.8, 4) is 11.4 Å². The molecule has 5 aromatic rings. The fourth-order valence-corrected chi connectivity index (χ4v) is 3.77. The smallest absolute Gasteiger partial charge is 0.315 e. The van der Waals surface area contributed by atoms with Crippen LogP contribution in [-0.4, -0.2) is 61.0 Å². The number of hydrogen-bond donors (Lipinski definition) is 2. The molecule has 2 N–H and O–H groups in total. The summed E-state index contributed by atoms with van der Waals surface area (Å²) in [7, 11) is 0. The van der Waals surface area contributed by atoms with Crippen molar-refractivity contribution in [1.82, 2.24) is 40.1 Å². The number of ether oxygens (including phenoxy) is 1. The Kier molecular flexibility index (Phi) is 7.16. The van der Waals surface area contributed by atoms with Crippen LogP contribution in [0.3, 0.4) is 0 Å². The Morgan fingerprint density at radius 3 is 2.62 bits per heavy atom. The molecule has 0 spiro atoms. The summed E-state index contributed by atoms with van der Waals surface area (Å²) in [6.45, 7) is 0.875. The van der Waals surface area contributed by atoms with Crippen LogP contribution in [0.1, 0.15) is 16.5 Å². The van der Waals surface area contributed by atoms with Crippen molar-refractivity contribution in [2.75, 3.05) is 19.7 Å². The summed E-state index contributed by atoms with van der Waals surface area (Å²) >= 11 is 0. The minimum Gasteiger partial charge on any atom is -0.482 e. The van der Waals surface area contributed by atoms with Gasteiger partial charge in [0.05, 0.1) is 5.69 Å². The summed E-state index contributed by atoms with van der Waals surface area (Å²) in [4.78, 5) is 28.6. The number of benzene rings is 2. The van der Waals surface area contributed by atoms with Gasteiger partial charge in [0.25, 0.3) is 5.91 Å². The van der Waals surface area contributed by atoms with Crippen molar-refractivity contribution in [3.63, 3.8) is 0 Å². The molecule has 0 aliphatic heterocycles. The highest BCUT2D eigenvalue weighted by molar-refractivity contribution is 5.89. The number of nitrogens with one attached hydrogen (secondary N) is 2. The summed E-state index contributed by atoms with van der Waals surface area (Å²) in [5.74, 6) is 0.0135. The van der Waals surface area contributed by atoms with Gasteiger partial charge in [0.15, 0.2) is 12.4 Å². The highest BCUT2D eigenvalue weighted by Crippen LogP contribution is 2.21. The largest absolute Gasteiger partial charge is 0.482 e. The number of aryl methyl sites for hydroxylation is 2. The monoisotopic (exact) mass is 500 g/mol. The second-order valence-corrected chi connectivity index (χ2v) is 8.07. The summed E-state index contributed by atoms with van der Waals surface area (Å²) in [6, 6.07) is 17.4. The van der Waals surface area contributed by atoms with E-state index < -0.39 is 5.91 Å². The molecule has 0 saturated carbocycles. The zero-order chi connectivity index (χ0) is 25.5. The van der Waals surface area contributed by atoms with Crippen LogP contribution in [0.2, 0.25) is 0 Å². The minimum atomic E-state index is -0.501. The van der Waals surface area contributed by atoms with Gasteiger partial charge in [-0.05, 0) is 29.7 Å². The Morgan fingerprint density at radius 2 is 1.73 bits per heavy atom. The number of fused-ring (bicyclic) bond motifs is 1. The average molecular weight is 501 g/mol. The van der Waals surface area contributed by atoms with Gasteiger partial charge in [-0.3, -0.25) is 14.2 Å². The van der Waals surface area contributed by atoms with Gasteiger partial charge >= 0.3 is 11.8 Å². The molecule has 2 amide bonds. The Morgan fingerprint density at radius 1 is 0.946 bits per heavy atom. The number of para-hydroxylation sites is 3. The van der Waals surface area contributed by atoms with E-state index >= 15 is 0 Å². The molecule has 0 fully saturated rings. The third kappa shape index (κ3) is 5.81. The van der Waals surface area contributed by atoms with Crippen molar-refractivity contribution in [3.05, 3.63) is 85.2 Å². The number of amides is 2. The molecule has 12 heteroatoms. The Bertz CT molecular complexity index is 1490. The van der Waals surface area contributed by atoms with Gasteiger partial charge in [-0.2, -0.15) is 4.98 Å². The molecule has 0 atom stereocenters. The first-order chi connectivity index (χ1) is 18.2. The normalized spacial score (nSPS) is 10.9. The SMILES string of the molecule is O=C(COc1ccccc1-n1cnnc1)NCCNC(=O)c1nc(CCn2ccc3ccccc32)no1. The van der Waals surface area contributed by atoms with E-state index in [2.05, 4.69) is 41.6 Å². The number of aromatic nitrogens is 6. The Balaban J connectivity index is 1.03. The first-order valence-electron chi connectivity index (χ1n) is 11.7. The van der Waals surface area contributed by atoms with Crippen molar-refractivity contribution < 1.29 is 18.8 Å². The van der Waals surface area contributed by atoms with E-state index in [0.717, 1.165) is 10.9 Å². The highest BCUT2D eigenvalue weighted by Gasteiger charge is 2.15. The molecule has 37 heavy (non-hydrogen) atoms. The van der Waals surface area contributed by atoms with Crippen molar-refractivity contribution in [1.29, 1.82) is 0 Å². The van der Waals surface area contributed by atoms with Gasteiger partial charge in [-0.1, -0.05) is 35.5 Å². The van der Waals surface area contributed by atoms with Crippen LogP contribution < -0.4 is 15.4 Å². The lowest BCUT2D eigenvalue weighted by atomic mass is 10.2. The number of carbonyl (C=O) groups excluding carboxylic acids is 2. The van der Waals surface area contributed by atoms with E-state index in [0.29, 0.717) is 30.2 Å². The summed E-state index contributed by atoms with van der Waals surface area (Å²) in [5.41, 5.74) is 1.84. The molecule has 5 rings (SSSR count). The molecule has 0 aliphatic carbocycles. The Hall–Kier alpha value is -5.00. The van der Waals surface area contributed by atoms with Gasteiger partial charge in [0.1, 0.15) is 18.4 Å². The predicted octanol–water partition coefficient (Wildman–Crippen LogP) is 1.77. The van der Waals surface area contributed by atoms with E-state index in [1.807, 2.05) is 48.7 Å². The molecule has 0 aliphatic rings. The summed E-state index contributed by atoms with van der Waals surface area (Å²) in [6.07, 6.45) is 5.61. The zero-order valence-electron chi connectivity index (χ0n) is 19.8. The fraction of sp³-hybridized carbons (Fsp3) is 0.200. The quantitative estimate of drug-likeness (QED) is 0.261. The molecule has 0 saturated heterocycles. The molecule has 3 heterocycles. The predicted molar refractivity (Wildman–Crippen MR) is 132 cm³/mol. The van der Waals surface area contributed by atoms with Crippen LogP contribution in [0.5, 0.6) is 5.75 Å². The number of nitrogens with zero attached hydrogens (tertiary/aromatic N) is 6. The molecule has 188 valence electrons. The van der Waals surface area contributed by atoms with Gasteiger partial charge in [-0.15, -0.1) is 10.2 Å². The maximum absolute atomic E-state index is 12.3. The molecule has 2 aromatic carbocycles. The van der Waals surface area contributed by atoms with Gasteiger partial charge in [0, 0.05) is 37.8 Å². The number of hydrogen-bond acceptors (Lipinski definition) is 8. The van der Waals surface area contributed by atoms with Crippen molar-refractivity contribution >= 4 is 22.7 Å². The molecule has 3 aromatic heterocycles. The van der Waals surface area contributed by atoms with Crippen LogP contribution in [0.15, 0.2) is 78.0 Å². The lowest BCUT2D eigenvalue weighted by Crippen LogP contribution is -2.37. The molecular formula is C25H24N8O4. The fourth-order valence-electron chi connectivity index (χ4n) is 3.77. The topological polar surface area (TPSA) is 142 Å². The zero-order valence-corrected chi connectivity index (χ0v) is 19.8. The van der Waals surface area contributed by atoms with Crippen LogP contribution in [-0.2, 0) is 17.8 Å². The third-order valence-electron chi connectivity index (χ3n) is 5.57. The summed E-state index contributed by atoms with van der Waals surface area (Å²) < 4.78 is 14.5. The van der Waals surface area contributed by atoms with E-state index in [-0.39, 0.29) is 31.5 Å². The number of rotatable bonds is 11. The second kappa shape index (κ2) is 11.2. The van der Waals surface area contributed by atoms with Gasteiger partial charge < -0.3 is 24.5 Å². The molecule has 0 radical (unpaired) electrons. The summed E-state index contributed by atoms with van der Waals surface area (Å²) in [5, 5.41) is 18.0. The standard InChI is InChI=1S/C25H24N8O4/c34-23(15-36-21-8-4-3-7-20(21)33-16-28-29-17-33)26-11-12-27-24(35)25-30-22(31-37-25)10-14-32-13-9-18-5-1-2-6-19(18)32/h1-9,13,16-17H,10-12,14-15H2,(H,26,34)(H,27,35). The van der Waals surface area contributed by atoms with E-state index in [9.17, 15) is 9.59 Å². The highest BCUT2D eigenvalue weighted by atomic mass is 16.5. The minimum absolute atomic E-state index is 0.118. The lowest BCUT2D eigenvalue weighted by molar-refractivity contribution is -0.123. The first-order valence-corrected chi connectivity index (χ1v) is 11.7. The third-order valence-corrected chi connectivity index (χ3v) is 5.57. The van der Waals surface area contributed by atoms with E-state index in [4.69, 9.17) is 9.26 Å². The molecule has 12 nitrogen and oxygen atoms in total. The van der Waals surface area contributed by atoms with Gasteiger partial charge in [-0.25, -0.2) is 0 Å². The maximum Gasteiger partial charge on any atom is 0.315 e. The van der Waals surface area contributed by atoms with Crippen molar-refractivity contribution in [2.45, 2.75) is 13.0 Å². The van der Waals surface area contributed by atoms with Crippen LogP contribution in [0.25, 0.3) is 16.6 Å². The van der Waals surface area contributed by atoms with Crippen molar-refractivity contribution in [2.24, 2.45) is 0 Å². The maximum atomic E-state index is 12.3. The van der Waals surface area contributed by atoms with Crippen LogP contribution in [0.4, 0.5) is 0 Å². The van der Waals surface area contributed by atoms with Crippen LogP contribution in [0, 0.1) is 0 Å². The average Bonchev–Trinajstić information content (AvgIpc) is 3.70. The molecule has 0 unspecified atom stereocenters.